The summed E-state index contributed by atoms with van der Waals surface area (Å²) in [5.74, 6) is 1.88. The number of rotatable bonds is 7. The minimum atomic E-state index is -0.605. The van der Waals surface area contributed by atoms with Crippen molar-refractivity contribution in [3.05, 3.63) is 59.3 Å². The summed E-state index contributed by atoms with van der Waals surface area (Å²) in [4.78, 5) is 10.5. The number of thiophene rings is 1. The number of imidazole rings is 1. The van der Waals surface area contributed by atoms with E-state index in [0.29, 0.717) is 19.4 Å². The minimum Gasteiger partial charge on any atom is -0.390 e. The first kappa shape index (κ1) is 18.2. The van der Waals surface area contributed by atoms with Crippen LogP contribution in [0.5, 0.6) is 0 Å². The highest BCUT2D eigenvalue weighted by molar-refractivity contribution is 7.13. The van der Waals surface area contributed by atoms with Crippen molar-refractivity contribution in [1.82, 2.24) is 24.1 Å². The Hall–Kier alpha value is -2.22. The normalized spacial score (nSPS) is 12.7. The summed E-state index contributed by atoms with van der Waals surface area (Å²) in [6.45, 7) is 2.44. The van der Waals surface area contributed by atoms with Gasteiger partial charge in [0.25, 0.3) is 0 Å². The van der Waals surface area contributed by atoms with Crippen LogP contribution in [0.1, 0.15) is 17.3 Å². The first-order chi connectivity index (χ1) is 13.1. The largest absolute Gasteiger partial charge is 0.390 e. The number of aromatic nitrogens is 5. The van der Waals surface area contributed by atoms with Crippen LogP contribution in [0.25, 0.3) is 16.2 Å². The maximum atomic E-state index is 9.98. The van der Waals surface area contributed by atoms with Gasteiger partial charge in [0.2, 0.25) is 0 Å². The van der Waals surface area contributed by atoms with Crippen LogP contribution < -0.4 is 0 Å². The van der Waals surface area contributed by atoms with Crippen molar-refractivity contribution >= 4 is 28.6 Å². The molecule has 4 rings (SSSR count). The Morgan fingerprint density at radius 3 is 2.81 bits per heavy atom. The molecule has 0 amide bonds. The molecule has 8 heteroatoms. The molecule has 0 aliphatic heterocycles. The van der Waals surface area contributed by atoms with Crippen LogP contribution >= 0.6 is 22.9 Å². The SMILES string of the molecule is Cc1cccc2nc(CCc3nc(-c4cccs4)cn3CC(O)CCl)nn12. The number of fused-ring (bicyclic) bond motifs is 1. The van der Waals surface area contributed by atoms with Gasteiger partial charge in [-0.15, -0.1) is 22.9 Å². The predicted octanol–water partition coefficient (Wildman–Crippen LogP) is 3.35. The van der Waals surface area contributed by atoms with Gasteiger partial charge in [-0.1, -0.05) is 12.1 Å². The smallest absolute Gasteiger partial charge is 0.155 e. The van der Waals surface area contributed by atoms with Gasteiger partial charge in [-0.3, -0.25) is 0 Å². The van der Waals surface area contributed by atoms with Crippen LogP contribution in [-0.4, -0.2) is 41.2 Å². The Labute approximate surface area is 166 Å². The fraction of sp³-hybridized carbons (Fsp3) is 0.316. The number of aliphatic hydroxyl groups is 1. The van der Waals surface area contributed by atoms with E-state index in [2.05, 4.69) is 10.1 Å². The van der Waals surface area contributed by atoms with Crippen LogP contribution in [0.2, 0.25) is 0 Å². The number of aryl methyl sites for hydroxylation is 3. The molecule has 1 N–H and O–H groups in total. The Balaban J connectivity index is 1.58. The van der Waals surface area contributed by atoms with Crippen molar-refractivity contribution in [2.24, 2.45) is 0 Å². The molecule has 1 atom stereocenters. The van der Waals surface area contributed by atoms with Crippen molar-refractivity contribution in [2.45, 2.75) is 32.4 Å². The second kappa shape index (κ2) is 7.80. The molecule has 0 spiro atoms. The highest BCUT2D eigenvalue weighted by Gasteiger charge is 2.14. The predicted molar refractivity (Wildman–Crippen MR) is 107 cm³/mol. The third-order valence-electron chi connectivity index (χ3n) is 4.38. The second-order valence-corrected chi connectivity index (χ2v) is 7.70. The molecule has 4 heterocycles. The van der Waals surface area contributed by atoms with Crippen LogP contribution in [0.4, 0.5) is 0 Å². The van der Waals surface area contributed by atoms with E-state index in [9.17, 15) is 5.11 Å². The van der Waals surface area contributed by atoms with Crippen LogP contribution in [0.15, 0.2) is 41.9 Å². The second-order valence-electron chi connectivity index (χ2n) is 6.45. The van der Waals surface area contributed by atoms with E-state index in [-0.39, 0.29) is 5.88 Å². The first-order valence-electron chi connectivity index (χ1n) is 8.79. The van der Waals surface area contributed by atoms with E-state index in [0.717, 1.165) is 33.6 Å². The minimum absolute atomic E-state index is 0.194. The van der Waals surface area contributed by atoms with E-state index in [1.165, 1.54) is 0 Å². The van der Waals surface area contributed by atoms with E-state index in [1.807, 2.05) is 57.9 Å². The summed E-state index contributed by atoms with van der Waals surface area (Å²) >= 11 is 7.44. The standard InChI is InChI=1S/C19H20ClN5OS/c1-13-4-2-6-19-22-17(23-25(13)19)7-8-18-21-15(16-5-3-9-27-16)12-24(18)11-14(26)10-20/h2-6,9,12,14,26H,7-8,10-11H2,1H3. The molecule has 4 aromatic rings. The average Bonchev–Trinajstić information content (AvgIpc) is 3.39. The van der Waals surface area contributed by atoms with Crippen LogP contribution in [-0.2, 0) is 19.4 Å². The van der Waals surface area contributed by atoms with Gasteiger partial charge < -0.3 is 9.67 Å². The molecule has 0 aromatic carbocycles. The summed E-state index contributed by atoms with van der Waals surface area (Å²) in [6.07, 6.45) is 2.75. The van der Waals surface area contributed by atoms with Gasteiger partial charge in [0, 0.05) is 24.7 Å². The molecule has 6 nitrogen and oxygen atoms in total. The third-order valence-corrected chi connectivity index (χ3v) is 5.63. The highest BCUT2D eigenvalue weighted by Crippen LogP contribution is 2.24. The molecule has 27 heavy (non-hydrogen) atoms. The molecular weight excluding hydrogens is 382 g/mol. The number of halogens is 1. The van der Waals surface area contributed by atoms with Crippen LogP contribution in [0, 0.1) is 6.92 Å². The zero-order chi connectivity index (χ0) is 18.8. The number of hydrogen-bond donors (Lipinski definition) is 1. The van der Waals surface area contributed by atoms with Gasteiger partial charge in [-0.05, 0) is 30.5 Å². The van der Waals surface area contributed by atoms with Gasteiger partial charge >= 0.3 is 0 Å². The average molecular weight is 402 g/mol. The van der Waals surface area contributed by atoms with E-state index < -0.39 is 6.10 Å². The van der Waals surface area contributed by atoms with Crippen LogP contribution in [0.3, 0.4) is 0 Å². The van der Waals surface area contributed by atoms with Gasteiger partial charge in [0.15, 0.2) is 11.5 Å². The highest BCUT2D eigenvalue weighted by atomic mass is 35.5. The summed E-state index contributed by atoms with van der Waals surface area (Å²) in [5, 5.41) is 16.6. The number of hydrogen-bond acceptors (Lipinski definition) is 5. The van der Waals surface area contributed by atoms with E-state index in [1.54, 1.807) is 11.3 Å². The Morgan fingerprint density at radius 2 is 2.07 bits per heavy atom. The summed E-state index contributed by atoms with van der Waals surface area (Å²) in [5.41, 5.74) is 2.82. The Bertz CT molecular complexity index is 1040. The molecule has 1 unspecified atom stereocenters. The molecule has 4 aromatic heterocycles. The summed E-state index contributed by atoms with van der Waals surface area (Å²) in [7, 11) is 0. The fourth-order valence-electron chi connectivity index (χ4n) is 3.04. The number of nitrogens with zero attached hydrogens (tertiary/aromatic N) is 5. The van der Waals surface area contributed by atoms with Gasteiger partial charge in [-0.25, -0.2) is 14.5 Å². The first-order valence-corrected chi connectivity index (χ1v) is 10.2. The maximum absolute atomic E-state index is 9.98. The number of pyridine rings is 1. The molecule has 0 fully saturated rings. The Morgan fingerprint density at radius 1 is 1.19 bits per heavy atom. The molecule has 140 valence electrons. The van der Waals surface area contributed by atoms with Gasteiger partial charge in [0.1, 0.15) is 5.82 Å². The van der Waals surface area contributed by atoms with Crippen molar-refractivity contribution in [3.8, 4) is 10.6 Å². The molecule has 0 radical (unpaired) electrons. The monoisotopic (exact) mass is 401 g/mol. The Kier molecular flexibility index (Phi) is 5.24. The third kappa shape index (κ3) is 3.90. The molecule has 0 aliphatic rings. The molecule has 0 bridgehead atoms. The fourth-order valence-corrected chi connectivity index (χ4v) is 3.82. The summed E-state index contributed by atoms with van der Waals surface area (Å²) < 4.78 is 3.85. The lowest BCUT2D eigenvalue weighted by Gasteiger charge is -2.10. The zero-order valence-corrected chi connectivity index (χ0v) is 16.5. The molecular formula is C19H20ClN5OS. The van der Waals surface area contributed by atoms with Crippen molar-refractivity contribution in [1.29, 1.82) is 0 Å². The van der Waals surface area contributed by atoms with Gasteiger partial charge in [0.05, 0.1) is 29.1 Å². The summed E-state index contributed by atoms with van der Waals surface area (Å²) in [6, 6.07) is 10.0. The maximum Gasteiger partial charge on any atom is 0.155 e. The number of alkyl halides is 1. The van der Waals surface area contributed by atoms with Crippen molar-refractivity contribution in [2.75, 3.05) is 5.88 Å². The van der Waals surface area contributed by atoms with Gasteiger partial charge in [-0.2, -0.15) is 5.10 Å². The lowest BCUT2D eigenvalue weighted by atomic mass is 10.3. The molecule has 0 saturated heterocycles. The molecule has 0 aliphatic carbocycles. The topological polar surface area (TPSA) is 68.2 Å². The lowest BCUT2D eigenvalue weighted by Crippen LogP contribution is -2.19. The quantitative estimate of drug-likeness (QED) is 0.482. The van der Waals surface area contributed by atoms with E-state index >= 15 is 0 Å². The molecule has 0 saturated carbocycles. The van der Waals surface area contributed by atoms with E-state index in [4.69, 9.17) is 16.6 Å². The van der Waals surface area contributed by atoms with Crippen molar-refractivity contribution in [3.63, 3.8) is 0 Å². The van der Waals surface area contributed by atoms with Crippen molar-refractivity contribution < 1.29 is 5.11 Å². The zero-order valence-electron chi connectivity index (χ0n) is 14.9. The number of aliphatic hydroxyl groups excluding tert-OH is 1. The lowest BCUT2D eigenvalue weighted by molar-refractivity contribution is 0.175.